The number of primary amides is 1. The normalized spacial score (nSPS) is 18.9. The van der Waals surface area contributed by atoms with Crippen molar-refractivity contribution in [2.24, 2.45) is 11.7 Å². The summed E-state index contributed by atoms with van der Waals surface area (Å²) in [6, 6.07) is 3.38. The predicted octanol–water partition coefficient (Wildman–Crippen LogP) is 1.05. The topological polar surface area (TPSA) is 89.5 Å². The molecule has 0 aliphatic carbocycles. The minimum absolute atomic E-state index is 0.285. The van der Waals surface area contributed by atoms with Crippen LogP contribution >= 0.6 is 0 Å². The smallest absolute Gasteiger partial charge is 0.274 e. The van der Waals surface area contributed by atoms with Gasteiger partial charge in [0.2, 0.25) is 5.91 Å². The van der Waals surface area contributed by atoms with Crippen molar-refractivity contribution in [2.45, 2.75) is 6.42 Å². The van der Waals surface area contributed by atoms with E-state index in [-0.39, 0.29) is 11.6 Å². The van der Waals surface area contributed by atoms with Crippen LogP contribution in [0.1, 0.15) is 6.42 Å². The Bertz CT molecular complexity index is 506. The second-order valence-electron chi connectivity index (χ2n) is 4.26. The lowest BCUT2D eigenvalue weighted by molar-refractivity contribution is -0.385. The maximum Gasteiger partial charge on any atom is 0.274 e. The second-order valence-corrected chi connectivity index (χ2v) is 4.26. The van der Waals surface area contributed by atoms with Gasteiger partial charge in [0.25, 0.3) is 5.69 Å². The molecule has 1 aromatic rings. The number of anilines is 1. The average molecular weight is 253 g/mol. The van der Waals surface area contributed by atoms with Crippen LogP contribution in [0.3, 0.4) is 0 Å². The molecule has 18 heavy (non-hydrogen) atoms. The molecule has 1 aromatic carbocycles. The molecule has 1 unspecified atom stereocenters. The summed E-state index contributed by atoms with van der Waals surface area (Å²) in [6.45, 7) is 0.907. The molecule has 2 rings (SSSR count). The second kappa shape index (κ2) is 4.59. The van der Waals surface area contributed by atoms with E-state index >= 15 is 0 Å². The molecular weight excluding hydrogens is 241 g/mol. The molecule has 1 saturated heterocycles. The van der Waals surface area contributed by atoms with E-state index in [9.17, 15) is 19.3 Å². The number of nitrogens with two attached hydrogens (primary N) is 1. The van der Waals surface area contributed by atoms with Gasteiger partial charge in [0, 0.05) is 24.8 Å². The SMILES string of the molecule is NC(=O)C1CCN(c2cc(F)cc([N+](=O)[O-])c2)C1. The van der Waals surface area contributed by atoms with Gasteiger partial charge in [-0.1, -0.05) is 0 Å². The van der Waals surface area contributed by atoms with Gasteiger partial charge in [0.1, 0.15) is 5.82 Å². The van der Waals surface area contributed by atoms with Crippen LogP contribution in [0.25, 0.3) is 0 Å². The zero-order chi connectivity index (χ0) is 13.3. The molecule has 0 spiro atoms. The molecule has 0 bridgehead atoms. The van der Waals surface area contributed by atoms with Crippen LogP contribution < -0.4 is 10.6 Å². The fraction of sp³-hybridized carbons (Fsp3) is 0.364. The summed E-state index contributed by atoms with van der Waals surface area (Å²) in [5.41, 5.74) is 5.31. The van der Waals surface area contributed by atoms with Crippen molar-refractivity contribution in [3.8, 4) is 0 Å². The molecule has 7 heteroatoms. The van der Waals surface area contributed by atoms with E-state index in [0.29, 0.717) is 25.2 Å². The van der Waals surface area contributed by atoms with Crippen LogP contribution in [0.2, 0.25) is 0 Å². The summed E-state index contributed by atoms with van der Waals surface area (Å²) < 4.78 is 13.3. The van der Waals surface area contributed by atoms with Crippen molar-refractivity contribution in [3.63, 3.8) is 0 Å². The number of amides is 1. The van der Waals surface area contributed by atoms with Crippen molar-refractivity contribution in [2.75, 3.05) is 18.0 Å². The number of nitro groups is 1. The number of hydrogen-bond donors (Lipinski definition) is 1. The van der Waals surface area contributed by atoms with Crippen LogP contribution in [-0.4, -0.2) is 23.9 Å². The molecule has 6 nitrogen and oxygen atoms in total. The molecule has 0 radical (unpaired) electrons. The summed E-state index contributed by atoms with van der Waals surface area (Å²) in [5.74, 6) is -1.35. The first-order chi connectivity index (χ1) is 8.47. The summed E-state index contributed by atoms with van der Waals surface area (Å²) >= 11 is 0. The summed E-state index contributed by atoms with van der Waals surface area (Å²) in [6.07, 6.45) is 0.583. The number of non-ortho nitro benzene ring substituents is 1. The minimum Gasteiger partial charge on any atom is -0.370 e. The van der Waals surface area contributed by atoms with E-state index in [1.165, 1.54) is 12.1 Å². The lowest BCUT2D eigenvalue weighted by atomic mass is 10.1. The van der Waals surface area contributed by atoms with E-state index in [0.717, 1.165) is 6.07 Å². The van der Waals surface area contributed by atoms with Gasteiger partial charge in [-0.15, -0.1) is 0 Å². The predicted molar refractivity (Wildman–Crippen MR) is 62.6 cm³/mol. The number of nitro benzene ring substituents is 1. The molecule has 1 aliphatic rings. The quantitative estimate of drug-likeness (QED) is 0.644. The van der Waals surface area contributed by atoms with Crippen LogP contribution in [0.15, 0.2) is 18.2 Å². The Morgan fingerprint density at radius 2 is 2.22 bits per heavy atom. The highest BCUT2D eigenvalue weighted by atomic mass is 19.1. The van der Waals surface area contributed by atoms with E-state index in [1.807, 2.05) is 0 Å². The van der Waals surface area contributed by atoms with E-state index < -0.39 is 16.6 Å². The molecule has 1 amide bonds. The van der Waals surface area contributed by atoms with Gasteiger partial charge in [-0.3, -0.25) is 14.9 Å². The Hall–Kier alpha value is -2.18. The highest BCUT2D eigenvalue weighted by molar-refractivity contribution is 5.78. The van der Waals surface area contributed by atoms with Gasteiger partial charge in [-0.05, 0) is 12.5 Å². The molecule has 1 fully saturated rings. The van der Waals surface area contributed by atoms with Gasteiger partial charge in [0.05, 0.1) is 16.9 Å². The van der Waals surface area contributed by atoms with E-state index in [4.69, 9.17) is 5.73 Å². The number of carbonyl (C=O) groups is 1. The maximum atomic E-state index is 13.3. The monoisotopic (exact) mass is 253 g/mol. The number of hydrogen-bond acceptors (Lipinski definition) is 4. The third kappa shape index (κ3) is 2.39. The Morgan fingerprint density at radius 1 is 1.50 bits per heavy atom. The molecule has 96 valence electrons. The molecule has 0 aromatic heterocycles. The first-order valence-corrected chi connectivity index (χ1v) is 5.46. The molecule has 0 saturated carbocycles. The van der Waals surface area contributed by atoms with Crippen molar-refractivity contribution < 1.29 is 14.1 Å². The van der Waals surface area contributed by atoms with E-state index in [2.05, 4.69) is 0 Å². The Morgan fingerprint density at radius 3 is 2.78 bits per heavy atom. The molecule has 1 aliphatic heterocycles. The van der Waals surface area contributed by atoms with Crippen molar-refractivity contribution in [1.29, 1.82) is 0 Å². The highest BCUT2D eigenvalue weighted by Gasteiger charge is 2.27. The number of benzene rings is 1. The van der Waals surface area contributed by atoms with Crippen LogP contribution in [0.4, 0.5) is 15.8 Å². The Balaban J connectivity index is 2.24. The standard InChI is InChI=1S/C11H12FN3O3/c12-8-3-9(5-10(4-8)15(17)18)14-2-1-7(6-14)11(13)16/h3-5,7H,1-2,6H2,(H2,13,16). The molecule has 2 N–H and O–H groups in total. The first kappa shape index (κ1) is 12.3. The summed E-state index contributed by atoms with van der Waals surface area (Å²) in [5, 5.41) is 10.6. The van der Waals surface area contributed by atoms with Gasteiger partial charge in [-0.25, -0.2) is 4.39 Å². The van der Waals surface area contributed by atoms with Crippen LogP contribution in [0.5, 0.6) is 0 Å². The largest absolute Gasteiger partial charge is 0.370 e. The lowest BCUT2D eigenvalue weighted by Crippen LogP contribution is -2.27. The summed E-state index contributed by atoms with van der Waals surface area (Å²) in [7, 11) is 0. The molecular formula is C11H12FN3O3. The molecule has 1 atom stereocenters. The zero-order valence-corrected chi connectivity index (χ0v) is 9.51. The number of rotatable bonds is 3. The minimum atomic E-state index is -0.665. The fourth-order valence-corrected chi connectivity index (χ4v) is 2.07. The van der Waals surface area contributed by atoms with Crippen molar-refractivity contribution in [1.82, 2.24) is 0 Å². The lowest BCUT2D eigenvalue weighted by Gasteiger charge is -2.17. The Labute approximate surface area is 102 Å². The summed E-state index contributed by atoms with van der Waals surface area (Å²) in [4.78, 5) is 22.8. The highest BCUT2D eigenvalue weighted by Crippen LogP contribution is 2.28. The molecule has 1 heterocycles. The third-order valence-corrected chi connectivity index (χ3v) is 3.03. The number of nitrogens with zero attached hydrogens (tertiary/aromatic N) is 2. The zero-order valence-electron chi connectivity index (χ0n) is 9.51. The Kier molecular flexibility index (Phi) is 3.14. The average Bonchev–Trinajstić information content (AvgIpc) is 2.77. The van der Waals surface area contributed by atoms with Gasteiger partial charge in [0.15, 0.2) is 0 Å². The van der Waals surface area contributed by atoms with Gasteiger partial charge in [-0.2, -0.15) is 0 Å². The van der Waals surface area contributed by atoms with E-state index in [1.54, 1.807) is 4.90 Å². The van der Waals surface area contributed by atoms with Crippen LogP contribution in [-0.2, 0) is 4.79 Å². The fourth-order valence-electron chi connectivity index (χ4n) is 2.07. The third-order valence-electron chi connectivity index (χ3n) is 3.03. The van der Waals surface area contributed by atoms with Gasteiger partial charge < -0.3 is 10.6 Å². The first-order valence-electron chi connectivity index (χ1n) is 5.46. The van der Waals surface area contributed by atoms with Gasteiger partial charge >= 0.3 is 0 Å². The number of halogens is 1. The number of carbonyl (C=O) groups excluding carboxylic acids is 1. The maximum absolute atomic E-state index is 13.3. The van der Waals surface area contributed by atoms with Crippen molar-refractivity contribution >= 4 is 17.3 Å². The van der Waals surface area contributed by atoms with Crippen LogP contribution in [0, 0.1) is 21.8 Å². The van der Waals surface area contributed by atoms with Crippen molar-refractivity contribution in [3.05, 3.63) is 34.1 Å².